The van der Waals surface area contributed by atoms with E-state index in [2.05, 4.69) is 15.3 Å². The topological polar surface area (TPSA) is 54.9 Å². The third-order valence-electron chi connectivity index (χ3n) is 2.18. The van der Waals surface area contributed by atoms with Crippen LogP contribution in [0.3, 0.4) is 0 Å². The molecular formula is C11H5Cl4N3O. The second-order valence-electron chi connectivity index (χ2n) is 3.41. The summed E-state index contributed by atoms with van der Waals surface area (Å²) in [5.41, 5.74) is 0.451. The molecule has 0 aliphatic heterocycles. The Bertz CT molecular complexity index is 628. The molecule has 1 aromatic heterocycles. The Morgan fingerprint density at radius 2 is 1.63 bits per heavy atom. The maximum absolute atomic E-state index is 12.0. The molecule has 0 radical (unpaired) electrons. The van der Waals surface area contributed by atoms with E-state index in [1.807, 2.05) is 0 Å². The molecule has 0 atom stereocenters. The SMILES string of the molecule is O=C(Nc1c(Cl)ncnc1Cl)c1ccc(Cl)c(Cl)c1. The highest BCUT2D eigenvalue weighted by molar-refractivity contribution is 6.42. The van der Waals surface area contributed by atoms with Crippen LogP contribution in [0.15, 0.2) is 24.5 Å². The Hall–Kier alpha value is -1.07. The lowest BCUT2D eigenvalue weighted by atomic mass is 10.2. The molecule has 0 spiro atoms. The fraction of sp³-hybridized carbons (Fsp3) is 0. The van der Waals surface area contributed by atoms with Crippen LogP contribution in [-0.4, -0.2) is 15.9 Å². The molecule has 0 saturated carbocycles. The van der Waals surface area contributed by atoms with Crippen LogP contribution in [0.25, 0.3) is 0 Å². The summed E-state index contributed by atoms with van der Waals surface area (Å²) < 4.78 is 0. The molecular weight excluding hydrogens is 332 g/mol. The Morgan fingerprint density at radius 1 is 1.00 bits per heavy atom. The Balaban J connectivity index is 2.28. The summed E-state index contributed by atoms with van der Waals surface area (Å²) in [5, 5.41) is 3.24. The van der Waals surface area contributed by atoms with Crippen molar-refractivity contribution in [3.8, 4) is 0 Å². The van der Waals surface area contributed by atoms with Gasteiger partial charge in [0, 0.05) is 5.56 Å². The lowest BCUT2D eigenvalue weighted by Crippen LogP contribution is -2.13. The lowest BCUT2D eigenvalue weighted by Gasteiger charge is -2.08. The van der Waals surface area contributed by atoms with Crippen LogP contribution in [0, 0.1) is 0 Å². The van der Waals surface area contributed by atoms with Gasteiger partial charge in [-0.25, -0.2) is 9.97 Å². The van der Waals surface area contributed by atoms with Crippen LogP contribution in [0.5, 0.6) is 0 Å². The minimum absolute atomic E-state index is 0.0495. The molecule has 0 unspecified atom stereocenters. The first-order valence-corrected chi connectivity index (χ1v) is 6.42. The number of amides is 1. The van der Waals surface area contributed by atoms with E-state index in [1.54, 1.807) is 0 Å². The van der Waals surface area contributed by atoms with Gasteiger partial charge in [-0.05, 0) is 18.2 Å². The predicted molar refractivity (Wildman–Crippen MR) is 76.5 cm³/mol. The summed E-state index contributed by atoms with van der Waals surface area (Å²) in [6.07, 6.45) is 1.19. The summed E-state index contributed by atoms with van der Waals surface area (Å²) >= 11 is 23.2. The highest BCUT2D eigenvalue weighted by atomic mass is 35.5. The molecule has 19 heavy (non-hydrogen) atoms. The predicted octanol–water partition coefficient (Wildman–Crippen LogP) is 4.34. The van der Waals surface area contributed by atoms with Crippen LogP contribution in [-0.2, 0) is 0 Å². The Morgan fingerprint density at radius 3 is 2.21 bits per heavy atom. The number of nitrogens with zero attached hydrogens (tertiary/aromatic N) is 2. The van der Waals surface area contributed by atoms with Gasteiger partial charge >= 0.3 is 0 Å². The quantitative estimate of drug-likeness (QED) is 0.830. The van der Waals surface area contributed by atoms with Gasteiger partial charge < -0.3 is 5.32 Å². The molecule has 0 aliphatic rings. The Labute approximate surface area is 128 Å². The average Bonchev–Trinajstić information content (AvgIpc) is 2.37. The number of carbonyl (C=O) groups is 1. The number of anilines is 1. The maximum atomic E-state index is 12.0. The number of benzene rings is 1. The molecule has 1 amide bonds. The third kappa shape index (κ3) is 3.28. The molecule has 1 heterocycles. The lowest BCUT2D eigenvalue weighted by molar-refractivity contribution is 0.102. The molecule has 0 saturated heterocycles. The second kappa shape index (κ2) is 5.92. The van der Waals surface area contributed by atoms with Gasteiger partial charge in [0.1, 0.15) is 12.0 Å². The summed E-state index contributed by atoms with van der Waals surface area (Å²) in [4.78, 5) is 19.4. The van der Waals surface area contributed by atoms with Gasteiger partial charge in [0.2, 0.25) is 0 Å². The fourth-order valence-corrected chi connectivity index (χ4v) is 1.98. The molecule has 0 aliphatic carbocycles. The standard InChI is InChI=1S/C11H5Cl4N3O/c12-6-2-1-5(3-7(6)13)11(19)18-8-9(14)16-4-17-10(8)15/h1-4H,(H,18,19). The minimum Gasteiger partial charge on any atom is -0.317 e. The van der Waals surface area contributed by atoms with Crippen molar-refractivity contribution >= 4 is 58.0 Å². The van der Waals surface area contributed by atoms with Crippen LogP contribution in [0.1, 0.15) is 10.4 Å². The first-order valence-electron chi connectivity index (χ1n) is 4.91. The van der Waals surface area contributed by atoms with E-state index in [-0.39, 0.29) is 21.0 Å². The van der Waals surface area contributed by atoms with Gasteiger partial charge in [0.15, 0.2) is 10.3 Å². The van der Waals surface area contributed by atoms with Crippen molar-refractivity contribution in [2.75, 3.05) is 5.32 Å². The highest BCUT2D eigenvalue weighted by Gasteiger charge is 2.14. The van der Waals surface area contributed by atoms with Crippen molar-refractivity contribution in [1.82, 2.24) is 9.97 Å². The van der Waals surface area contributed by atoms with Gasteiger partial charge in [-0.1, -0.05) is 46.4 Å². The summed E-state index contributed by atoms with van der Waals surface area (Å²) in [6, 6.07) is 4.48. The zero-order valence-corrected chi connectivity index (χ0v) is 12.1. The number of hydrogen-bond acceptors (Lipinski definition) is 3. The number of nitrogens with one attached hydrogen (secondary N) is 1. The number of aromatic nitrogens is 2. The fourth-order valence-electron chi connectivity index (χ4n) is 1.27. The number of rotatable bonds is 2. The minimum atomic E-state index is -0.447. The summed E-state index contributed by atoms with van der Waals surface area (Å²) in [6.45, 7) is 0. The molecule has 98 valence electrons. The highest BCUT2D eigenvalue weighted by Crippen LogP contribution is 2.27. The summed E-state index contributed by atoms with van der Waals surface area (Å²) in [7, 11) is 0. The number of carbonyl (C=O) groups excluding carboxylic acids is 1. The average molecular weight is 337 g/mol. The second-order valence-corrected chi connectivity index (χ2v) is 4.94. The molecule has 1 aromatic carbocycles. The molecule has 2 aromatic rings. The van der Waals surface area contributed by atoms with Gasteiger partial charge in [-0.15, -0.1) is 0 Å². The largest absolute Gasteiger partial charge is 0.317 e. The summed E-state index contributed by atoms with van der Waals surface area (Å²) in [5.74, 6) is -0.447. The molecule has 4 nitrogen and oxygen atoms in total. The first kappa shape index (κ1) is 14.3. The first-order chi connectivity index (χ1) is 8.99. The molecule has 0 fully saturated rings. The zero-order chi connectivity index (χ0) is 14.0. The van der Waals surface area contributed by atoms with Gasteiger partial charge in [0.25, 0.3) is 5.91 Å². The van der Waals surface area contributed by atoms with Crippen LogP contribution in [0.4, 0.5) is 5.69 Å². The zero-order valence-electron chi connectivity index (χ0n) is 9.12. The van der Waals surface area contributed by atoms with Gasteiger partial charge in [0.05, 0.1) is 10.0 Å². The van der Waals surface area contributed by atoms with Crippen molar-refractivity contribution in [3.05, 3.63) is 50.4 Å². The maximum Gasteiger partial charge on any atom is 0.255 e. The Kier molecular flexibility index (Phi) is 4.47. The smallest absolute Gasteiger partial charge is 0.255 e. The molecule has 2 rings (SSSR count). The monoisotopic (exact) mass is 335 g/mol. The van der Waals surface area contributed by atoms with Crippen LogP contribution < -0.4 is 5.32 Å². The van der Waals surface area contributed by atoms with Crippen LogP contribution in [0.2, 0.25) is 20.4 Å². The van der Waals surface area contributed by atoms with E-state index < -0.39 is 5.91 Å². The molecule has 0 bridgehead atoms. The van der Waals surface area contributed by atoms with Crippen molar-refractivity contribution in [2.45, 2.75) is 0 Å². The van der Waals surface area contributed by atoms with Gasteiger partial charge in [-0.2, -0.15) is 0 Å². The van der Waals surface area contributed by atoms with Crippen molar-refractivity contribution in [1.29, 1.82) is 0 Å². The van der Waals surface area contributed by atoms with E-state index in [4.69, 9.17) is 46.4 Å². The van der Waals surface area contributed by atoms with E-state index in [0.717, 1.165) is 0 Å². The van der Waals surface area contributed by atoms with Crippen molar-refractivity contribution in [2.24, 2.45) is 0 Å². The normalized spacial score (nSPS) is 10.3. The number of halogens is 4. The molecule has 8 heteroatoms. The molecule has 1 N–H and O–H groups in total. The van der Waals surface area contributed by atoms with E-state index in [0.29, 0.717) is 10.6 Å². The van der Waals surface area contributed by atoms with Gasteiger partial charge in [-0.3, -0.25) is 4.79 Å². The van der Waals surface area contributed by atoms with Crippen molar-refractivity contribution < 1.29 is 4.79 Å². The van der Waals surface area contributed by atoms with Crippen LogP contribution >= 0.6 is 46.4 Å². The third-order valence-corrected chi connectivity index (χ3v) is 3.49. The van der Waals surface area contributed by atoms with E-state index in [1.165, 1.54) is 24.5 Å². The van der Waals surface area contributed by atoms with E-state index in [9.17, 15) is 4.79 Å². The van der Waals surface area contributed by atoms with Crippen molar-refractivity contribution in [3.63, 3.8) is 0 Å². The number of hydrogen-bond donors (Lipinski definition) is 1. The van der Waals surface area contributed by atoms with E-state index >= 15 is 0 Å².